The number of nitrogens with one attached hydrogen (secondary N) is 4. The molecule has 20 nitrogen and oxygen atoms in total. The van der Waals surface area contributed by atoms with Crippen LogP contribution in [0.15, 0.2) is 232 Å². The van der Waals surface area contributed by atoms with E-state index in [-0.39, 0.29) is 35.3 Å². The number of aromatic amines is 1. The molecular weight excluding hydrogens is 1450 g/mol. The molecule has 3 aliphatic heterocycles. The van der Waals surface area contributed by atoms with Crippen molar-refractivity contribution in [2.75, 3.05) is 30.7 Å². The Kier molecular flexibility index (Phi) is 19.9. The predicted octanol–water partition coefficient (Wildman–Crippen LogP) is 18.1. The summed E-state index contributed by atoms with van der Waals surface area (Å²) >= 11 is 0. The normalized spacial score (nSPS) is 14.5. The fraction of sp³-hybridized carbons (Fsp3) is 0.159. The van der Waals surface area contributed by atoms with Crippen LogP contribution >= 0.6 is 0 Å². The van der Waals surface area contributed by atoms with Crippen LogP contribution in [0.2, 0.25) is 0 Å². The van der Waals surface area contributed by atoms with Gasteiger partial charge in [0.25, 0.3) is 17.7 Å². The number of aromatic nitrogens is 8. The minimum atomic E-state index is -4.75. The predicted molar refractivity (Wildman–Crippen MR) is 397 cm³/mol. The quantitative estimate of drug-likeness (QED) is 0.0831. The number of aryl methyl sites for hydroxylation is 1. The average Bonchev–Trinajstić information content (AvgIpc) is 1.59. The number of benzene rings is 7. The van der Waals surface area contributed by atoms with Crippen LogP contribution in [0.5, 0.6) is 0 Å². The van der Waals surface area contributed by atoms with Gasteiger partial charge in [0.2, 0.25) is 29.6 Å². The maximum absolute atomic E-state index is 13.9. The van der Waals surface area contributed by atoms with Crippen LogP contribution < -0.4 is 30.7 Å². The number of carbonyl (C=O) groups is 6. The Morgan fingerprint density at radius 1 is 0.378 bits per heavy atom. The van der Waals surface area contributed by atoms with Crippen LogP contribution in [0.25, 0.3) is 33.4 Å². The molecule has 5 aromatic heterocycles. The highest BCUT2D eigenvalue weighted by molar-refractivity contribution is 6.17. The Hall–Kier alpha value is -13.6. The van der Waals surface area contributed by atoms with E-state index in [4.69, 9.17) is 0 Å². The lowest BCUT2D eigenvalue weighted by atomic mass is 9.81. The highest BCUT2D eigenvalue weighted by Crippen LogP contribution is 2.53. The van der Waals surface area contributed by atoms with E-state index in [9.17, 15) is 68.3 Å². The number of carbonyl (C=O) groups excluding carboxylic acids is 6. The van der Waals surface area contributed by atoms with Gasteiger partial charge >= 0.3 is 18.5 Å². The molecule has 0 saturated heterocycles. The summed E-state index contributed by atoms with van der Waals surface area (Å²) in [6.45, 7) is 12.4. The lowest BCUT2D eigenvalue weighted by Gasteiger charge is -2.21. The second kappa shape index (κ2) is 29.2. The van der Waals surface area contributed by atoms with Gasteiger partial charge < -0.3 is 20.9 Å². The van der Waals surface area contributed by atoms with Crippen LogP contribution in [0, 0.1) is 6.92 Å². The van der Waals surface area contributed by atoms with Gasteiger partial charge in [-0.15, -0.1) is 0 Å². The van der Waals surface area contributed by atoms with Gasteiger partial charge in [0.1, 0.15) is 5.82 Å². The topological polar surface area (TPSA) is 254 Å². The number of hydrogen-bond acceptors (Lipinski definition) is 13. The molecule has 0 radical (unpaired) electrons. The van der Waals surface area contributed by atoms with Crippen molar-refractivity contribution in [2.24, 2.45) is 0 Å². The molecule has 0 fully saturated rings. The van der Waals surface area contributed by atoms with Crippen molar-refractivity contribution in [3.8, 4) is 33.4 Å². The summed E-state index contributed by atoms with van der Waals surface area (Å²) in [5.41, 5.74) is 0.351. The fourth-order valence-corrected chi connectivity index (χ4v) is 13.7. The number of alkyl halides is 9. The molecule has 0 spiro atoms. The van der Waals surface area contributed by atoms with E-state index in [1.54, 1.807) is 139 Å². The van der Waals surface area contributed by atoms with E-state index < -0.39 is 85.9 Å². The minimum Gasteiger partial charge on any atom is -0.331 e. The first kappa shape index (κ1) is 75.6. The maximum Gasteiger partial charge on any atom is 0.417 e. The van der Waals surface area contributed by atoms with E-state index in [1.165, 1.54) is 131 Å². The van der Waals surface area contributed by atoms with E-state index >= 15 is 0 Å². The third kappa shape index (κ3) is 14.6. The summed E-state index contributed by atoms with van der Waals surface area (Å²) < 4.78 is 125. The van der Waals surface area contributed by atoms with Crippen molar-refractivity contribution in [3.05, 3.63) is 288 Å². The zero-order valence-corrected chi connectivity index (χ0v) is 59.8. The molecule has 8 heterocycles. The van der Waals surface area contributed by atoms with Crippen LogP contribution in [-0.4, -0.2) is 75.3 Å². The second-order valence-corrected chi connectivity index (χ2v) is 27.4. The molecule has 3 aliphatic rings. The summed E-state index contributed by atoms with van der Waals surface area (Å²) in [6, 6.07) is 41.9. The van der Waals surface area contributed by atoms with Gasteiger partial charge in [-0.3, -0.25) is 43.6 Å². The number of fused-ring (bicyclic) bond motifs is 3. The number of H-pyrrole nitrogens is 1. The third-order valence-corrected chi connectivity index (χ3v) is 19.0. The molecule has 12 aromatic rings. The monoisotopic (exact) mass is 1510 g/mol. The Balaban J connectivity index is 0.000000146. The summed E-state index contributed by atoms with van der Waals surface area (Å²) in [4.78, 5) is 115. The first-order chi connectivity index (χ1) is 52.7. The van der Waals surface area contributed by atoms with Gasteiger partial charge in [-0.25, -0.2) is 34.7 Å². The SMILES string of the molecule is CC1(C)C(=O)N(c2ncccn2)c2cccc(-c3ccc(C(F)(F)F)c(C(=O)Nc4cccnc4)c3)c21.CC1(C)C(=O)N(c2ncccn2)c2cccc(-c3ccc(C(F)(F)F)c(C(=O)Nc4ccncc4)c3)c21.Cc1ccc(NC(=O)c2cc(-c3cccc4c3C(C)(C)C(=O)N4c3cnc[nH]3)ccc2C(F)(F)F)cc1. The van der Waals surface area contributed by atoms with Gasteiger partial charge in [0.15, 0.2) is 0 Å². The first-order valence-electron chi connectivity index (χ1n) is 34.1. The number of anilines is 9. The van der Waals surface area contributed by atoms with Gasteiger partial charge in [-0.1, -0.05) is 72.3 Å². The van der Waals surface area contributed by atoms with Crippen molar-refractivity contribution < 1.29 is 68.3 Å². The van der Waals surface area contributed by atoms with Gasteiger partial charge in [0.05, 0.1) is 91.1 Å². The second-order valence-electron chi connectivity index (χ2n) is 27.4. The molecule has 29 heteroatoms. The number of rotatable bonds is 12. The molecule has 7 aromatic carbocycles. The fourth-order valence-electron chi connectivity index (χ4n) is 13.7. The minimum absolute atomic E-state index is 0.195. The van der Waals surface area contributed by atoms with E-state index in [1.807, 2.05) is 6.92 Å². The molecule has 15 rings (SSSR count). The first-order valence-corrected chi connectivity index (χ1v) is 34.1. The maximum atomic E-state index is 13.9. The van der Waals surface area contributed by atoms with E-state index in [0.29, 0.717) is 84.3 Å². The molecule has 0 bridgehead atoms. The highest BCUT2D eigenvalue weighted by atomic mass is 19.4. The van der Waals surface area contributed by atoms with E-state index in [2.05, 4.69) is 55.8 Å². The zero-order valence-electron chi connectivity index (χ0n) is 59.8. The van der Waals surface area contributed by atoms with Gasteiger partial charge in [0, 0.05) is 54.8 Å². The van der Waals surface area contributed by atoms with Crippen LogP contribution in [0.1, 0.15) is 112 Å². The zero-order chi connectivity index (χ0) is 79.3. The number of nitrogens with zero attached hydrogens (tertiary/aromatic N) is 10. The molecule has 0 aliphatic carbocycles. The van der Waals surface area contributed by atoms with E-state index in [0.717, 1.165) is 23.8 Å². The van der Waals surface area contributed by atoms with Crippen LogP contribution in [0.4, 0.5) is 91.4 Å². The summed E-state index contributed by atoms with van der Waals surface area (Å²) in [6.07, 6.45) is 0.513. The lowest BCUT2D eigenvalue weighted by Crippen LogP contribution is -2.34. The van der Waals surface area contributed by atoms with Gasteiger partial charge in [-0.05, 0) is 202 Å². The number of hydrogen-bond donors (Lipinski definition) is 4. The summed E-state index contributed by atoms with van der Waals surface area (Å²) in [5.74, 6) is -2.59. The van der Waals surface area contributed by atoms with Crippen LogP contribution in [0.3, 0.4) is 0 Å². The van der Waals surface area contributed by atoms with Crippen molar-refractivity contribution in [1.29, 1.82) is 0 Å². The largest absolute Gasteiger partial charge is 0.417 e. The molecule has 0 atom stereocenters. The number of imidazole rings is 1. The highest BCUT2D eigenvalue weighted by Gasteiger charge is 2.51. The standard InChI is InChI=1S/C28H23F3N4O2.2C27H20F3N5O2/c1-16-7-10-18(11-8-16)34-25(36)20-13-17(9-12-21(20)28(29,30)31)19-5-4-6-22-24(19)27(2,3)26(37)35(22)23-14-32-15-33-23;1-26(2)22-18(7-3-8-21(22)35(24(26)37)25-32-12-5-13-33-25)16-9-10-20(27(28,29)30)19(14-16)23(36)34-17-6-4-11-31-15-17;1-26(2)22-18(5-3-6-21(22)35(24(26)37)25-32-11-4-12-33-25)16-7-8-20(27(28,29)30)19(15-16)23(36)34-17-9-13-31-14-10-17/h4-15H,1-3H3,(H,32,33)(H,34,36);3-15H,1-2H3,(H,34,36);3-15H,1-2H3,(H,31,34,36). The molecular formula is C82H63F9N14O6. The van der Waals surface area contributed by atoms with Crippen LogP contribution in [-0.2, 0) is 49.2 Å². The van der Waals surface area contributed by atoms with Gasteiger partial charge in [-0.2, -0.15) is 39.5 Å². The molecule has 560 valence electrons. The third-order valence-electron chi connectivity index (χ3n) is 19.0. The molecule has 6 amide bonds. The van der Waals surface area contributed by atoms with Crippen molar-refractivity contribution in [1.82, 2.24) is 39.9 Å². The Morgan fingerprint density at radius 3 is 1.11 bits per heavy atom. The number of halogens is 9. The lowest BCUT2D eigenvalue weighted by molar-refractivity contribution is -0.138. The smallest absolute Gasteiger partial charge is 0.331 e. The van der Waals surface area contributed by atoms with Crippen molar-refractivity contribution in [3.63, 3.8) is 0 Å². The molecule has 0 saturated carbocycles. The average molecular weight is 1510 g/mol. The Labute approximate surface area is 627 Å². The molecule has 0 unspecified atom stereocenters. The Morgan fingerprint density at radius 2 is 0.748 bits per heavy atom. The molecule has 4 N–H and O–H groups in total. The number of amides is 6. The van der Waals surface area contributed by atoms with Crippen molar-refractivity contribution >= 4 is 87.3 Å². The molecule has 111 heavy (non-hydrogen) atoms. The Bertz CT molecular complexity index is 5380. The summed E-state index contributed by atoms with van der Waals surface area (Å²) in [5, 5.41) is 7.53. The number of pyridine rings is 2. The summed E-state index contributed by atoms with van der Waals surface area (Å²) in [7, 11) is 0. The van der Waals surface area contributed by atoms with Crippen molar-refractivity contribution in [2.45, 2.75) is 83.2 Å².